The van der Waals surface area contributed by atoms with Crippen LogP contribution in [0.15, 0.2) is 24.3 Å². The Labute approximate surface area is 119 Å². The van der Waals surface area contributed by atoms with Crippen molar-refractivity contribution >= 4 is 11.9 Å². The van der Waals surface area contributed by atoms with Gasteiger partial charge in [0.25, 0.3) is 6.43 Å². The monoisotopic (exact) mass is 299 g/mol. The number of ether oxygens (including phenoxy) is 1. The first-order chi connectivity index (χ1) is 9.97. The maximum atomic E-state index is 12.4. The molecule has 2 rings (SSSR count). The van der Waals surface area contributed by atoms with Crippen LogP contribution < -0.4 is 5.32 Å². The summed E-state index contributed by atoms with van der Waals surface area (Å²) in [5.41, 5.74) is 0.606. The number of alkyl halides is 2. The minimum atomic E-state index is -2.52. The van der Waals surface area contributed by atoms with Gasteiger partial charge in [0.2, 0.25) is 5.91 Å². The third-order valence-electron chi connectivity index (χ3n) is 3.29. The van der Waals surface area contributed by atoms with Gasteiger partial charge < -0.3 is 15.2 Å². The zero-order valence-corrected chi connectivity index (χ0v) is 11.1. The first kappa shape index (κ1) is 15.4. The van der Waals surface area contributed by atoms with E-state index in [4.69, 9.17) is 9.84 Å². The van der Waals surface area contributed by atoms with E-state index in [-0.39, 0.29) is 12.1 Å². The minimum absolute atomic E-state index is 0.0755. The highest BCUT2D eigenvalue weighted by molar-refractivity contribution is 5.82. The van der Waals surface area contributed by atoms with Gasteiger partial charge in [-0.1, -0.05) is 24.3 Å². The van der Waals surface area contributed by atoms with Crippen molar-refractivity contribution in [2.24, 2.45) is 0 Å². The number of carbonyl (C=O) groups excluding carboxylic acids is 1. The molecule has 21 heavy (non-hydrogen) atoms. The van der Waals surface area contributed by atoms with Gasteiger partial charge in [-0.3, -0.25) is 4.79 Å². The average molecular weight is 299 g/mol. The van der Waals surface area contributed by atoms with Crippen molar-refractivity contribution in [2.45, 2.75) is 38.0 Å². The molecular weight excluding hydrogens is 284 g/mol. The number of nitrogens with one attached hydrogen (secondary N) is 1. The van der Waals surface area contributed by atoms with Gasteiger partial charge in [0.05, 0.1) is 0 Å². The highest BCUT2D eigenvalue weighted by atomic mass is 19.3. The second-order valence-corrected chi connectivity index (χ2v) is 4.79. The summed E-state index contributed by atoms with van der Waals surface area (Å²) in [7, 11) is 0. The van der Waals surface area contributed by atoms with Crippen LogP contribution in [0.25, 0.3) is 0 Å². The molecule has 0 bridgehead atoms. The van der Waals surface area contributed by atoms with Crippen LogP contribution >= 0.6 is 0 Å². The second kappa shape index (κ2) is 6.62. The Hall–Kier alpha value is -2.02. The predicted octanol–water partition coefficient (Wildman–Crippen LogP) is 1.87. The SMILES string of the molecule is O=C(NCc1ccc(C(F)F)cc1)[C@@H]1CC[C@H](C(=O)O)O1. The van der Waals surface area contributed by atoms with Crippen molar-refractivity contribution in [1.82, 2.24) is 5.32 Å². The van der Waals surface area contributed by atoms with E-state index in [2.05, 4.69) is 5.32 Å². The molecule has 1 amide bonds. The molecule has 1 aliphatic heterocycles. The van der Waals surface area contributed by atoms with Crippen LogP contribution in [0.1, 0.15) is 30.4 Å². The molecule has 2 N–H and O–H groups in total. The topological polar surface area (TPSA) is 75.6 Å². The van der Waals surface area contributed by atoms with E-state index in [1.807, 2.05) is 0 Å². The average Bonchev–Trinajstić information content (AvgIpc) is 2.95. The Morgan fingerprint density at radius 1 is 1.24 bits per heavy atom. The Bertz CT molecular complexity index is 518. The van der Waals surface area contributed by atoms with E-state index >= 15 is 0 Å². The van der Waals surface area contributed by atoms with Crippen molar-refractivity contribution < 1.29 is 28.2 Å². The van der Waals surface area contributed by atoms with Gasteiger partial charge in [0.1, 0.15) is 6.10 Å². The Morgan fingerprint density at radius 2 is 1.86 bits per heavy atom. The molecule has 1 aromatic rings. The third-order valence-corrected chi connectivity index (χ3v) is 3.29. The zero-order chi connectivity index (χ0) is 15.4. The van der Waals surface area contributed by atoms with Crippen LogP contribution in [0, 0.1) is 0 Å². The fourth-order valence-electron chi connectivity index (χ4n) is 2.10. The molecular formula is C14H15F2NO4. The lowest BCUT2D eigenvalue weighted by atomic mass is 10.1. The van der Waals surface area contributed by atoms with Gasteiger partial charge >= 0.3 is 5.97 Å². The first-order valence-electron chi connectivity index (χ1n) is 6.50. The minimum Gasteiger partial charge on any atom is -0.479 e. The molecule has 0 spiro atoms. The van der Waals surface area contributed by atoms with Gasteiger partial charge in [-0.05, 0) is 18.4 Å². The van der Waals surface area contributed by atoms with Crippen molar-refractivity contribution in [2.75, 3.05) is 0 Å². The molecule has 1 fully saturated rings. The molecule has 0 unspecified atom stereocenters. The second-order valence-electron chi connectivity index (χ2n) is 4.79. The number of hydrogen-bond acceptors (Lipinski definition) is 3. The standard InChI is InChI=1S/C14H15F2NO4/c15-12(16)9-3-1-8(2-4-9)7-17-13(18)10-5-6-11(21-10)14(19)20/h1-4,10-12H,5-7H2,(H,17,18)(H,19,20)/t10-,11+/m0/s1. The first-order valence-corrected chi connectivity index (χ1v) is 6.50. The molecule has 114 valence electrons. The van der Waals surface area contributed by atoms with E-state index in [1.54, 1.807) is 0 Å². The smallest absolute Gasteiger partial charge is 0.332 e. The van der Waals surface area contributed by atoms with Crippen LogP contribution in [-0.2, 0) is 20.9 Å². The fourth-order valence-corrected chi connectivity index (χ4v) is 2.10. The summed E-state index contributed by atoms with van der Waals surface area (Å²) >= 11 is 0. The van der Waals surface area contributed by atoms with E-state index in [0.29, 0.717) is 18.4 Å². The highest BCUT2D eigenvalue weighted by Gasteiger charge is 2.34. The normalized spacial score (nSPS) is 21.5. The summed E-state index contributed by atoms with van der Waals surface area (Å²) in [6, 6.07) is 5.63. The van der Waals surface area contributed by atoms with E-state index in [0.717, 1.165) is 0 Å². The van der Waals surface area contributed by atoms with Crippen molar-refractivity contribution in [1.29, 1.82) is 0 Å². The fraction of sp³-hybridized carbons (Fsp3) is 0.429. The number of halogens is 2. The molecule has 1 aliphatic rings. The van der Waals surface area contributed by atoms with Crippen molar-refractivity contribution in [3.05, 3.63) is 35.4 Å². The molecule has 1 heterocycles. The van der Waals surface area contributed by atoms with Crippen LogP contribution in [0.2, 0.25) is 0 Å². The lowest BCUT2D eigenvalue weighted by Gasteiger charge is -2.12. The summed E-state index contributed by atoms with van der Waals surface area (Å²) in [6.07, 6.45) is -3.57. The molecule has 0 saturated carbocycles. The van der Waals surface area contributed by atoms with Crippen LogP contribution in [0.3, 0.4) is 0 Å². The molecule has 1 saturated heterocycles. The summed E-state index contributed by atoms with van der Waals surface area (Å²) in [6.45, 7) is 0.181. The molecule has 7 heteroatoms. The molecule has 0 radical (unpaired) electrons. The van der Waals surface area contributed by atoms with Crippen molar-refractivity contribution in [3.63, 3.8) is 0 Å². The van der Waals surface area contributed by atoms with Crippen LogP contribution in [0.4, 0.5) is 8.78 Å². The lowest BCUT2D eigenvalue weighted by molar-refractivity contribution is -0.151. The molecule has 0 aliphatic carbocycles. The van der Waals surface area contributed by atoms with Gasteiger partial charge in [-0.15, -0.1) is 0 Å². The number of amides is 1. The summed E-state index contributed by atoms with van der Waals surface area (Å²) in [4.78, 5) is 22.5. The van der Waals surface area contributed by atoms with Gasteiger partial charge in [0.15, 0.2) is 6.10 Å². The molecule has 2 atom stereocenters. The van der Waals surface area contributed by atoms with E-state index in [1.165, 1.54) is 24.3 Å². The summed E-state index contributed by atoms with van der Waals surface area (Å²) in [5.74, 6) is -1.47. The largest absolute Gasteiger partial charge is 0.479 e. The van der Waals surface area contributed by atoms with Gasteiger partial charge in [0, 0.05) is 12.1 Å². The number of carbonyl (C=O) groups is 2. The maximum absolute atomic E-state index is 12.4. The zero-order valence-electron chi connectivity index (χ0n) is 11.1. The van der Waals surface area contributed by atoms with Crippen LogP contribution in [-0.4, -0.2) is 29.2 Å². The number of aliphatic carboxylic acids is 1. The van der Waals surface area contributed by atoms with Crippen molar-refractivity contribution in [3.8, 4) is 0 Å². The van der Waals surface area contributed by atoms with Gasteiger partial charge in [-0.2, -0.15) is 0 Å². The number of hydrogen-bond donors (Lipinski definition) is 2. The maximum Gasteiger partial charge on any atom is 0.332 e. The highest BCUT2D eigenvalue weighted by Crippen LogP contribution is 2.21. The van der Waals surface area contributed by atoms with E-state index in [9.17, 15) is 18.4 Å². The Balaban J connectivity index is 1.83. The van der Waals surface area contributed by atoms with E-state index < -0.39 is 30.5 Å². The number of rotatable bonds is 5. The number of carboxylic acids is 1. The quantitative estimate of drug-likeness (QED) is 0.870. The van der Waals surface area contributed by atoms with Gasteiger partial charge in [-0.25, -0.2) is 13.6 Å². The molecule has 1 aromatic carbocycles. The van der Waals surface area contributed by atoms with Crippen LogP contribution in [0.5, 0.6) is 0 Å². The number of carboxylic acid groups (broad SMARTS) is 1. The third kappa shape index (κ3) is 3.98. The number of benzene rings is 1. The predicted molar refractivity (Wildman–Crippen MR) is 68.8 cm³/mol. The molecule has 5 nitrogen and oxygen atoms in total. The summed E-state index contributed by atoms with van der Waals surface area (Å²) in [5, 5.41) is 11.4. The lowest BCUT2D eigenvalue weighted by Crippen LogP contribution is -2.35. The Morgan fingerprint density at radius 3 is 2.38 bits per heavy atom. The molecule has 0 aromatic heterocycles. The summed E-state index contributed by atoms with van der Waals surface area (Å²) < 4.78 is 29.9. The Kier molecular flexibility index (Phi) is 4.85.